The molecular formula is C10H18N2O. The third kappa shape index (κ3) is 5.99. The molecule has 0 atom stereocenters. The lowest BCUT2D eigenvalue weighted by molar-refractivity contribution is 0.224. The summed E-state index contributed by atoms with van der Waals surface area (Å²) in [7, 11) is 1.87. The van der Waals surface area contributed by atoms with E-state index in [2.05, 4.69) is 18.5 Å². The van der Waals surface area contributed by atoms with Crippen molar-refractivity contribution in [3.8, 4) is 0 Å². The van der Waals surface area contributed by atoms with E-state index in [0.29, 0.717) is 18.1 Å². The van der Waals surface area contributed by atoms with Gasteiger partial charge < -0.3 is 15.8 Å². The van der Waals surface area contributed by atoms with Gasteiger partial charge >= 0.3 is 0 Å². The molecule has 0 aromatic heterocycles. The highest BCUT2D eigenvalue weighted by Gasteiger charge is 1.96. The van der Waals surface area contributed by atoms with Crippen molar-refractivity contribution in [3.05, 3.63) is 36.3 Å². The molecule has 0 heterocycles. The highest BCUT2D eigenvalue weighted by Crippen LogP contribution is 2.08. The molecule has 0 saturated heterocycles. The molecule has 0 fully saturated rings. The molecule has 74 valence electrons. The molecule has 0 saturated carbocycles. The molecule has 0 aromatic rings. The Morgan fingerprint density at radius 3 is 2.62 bits per heavy atom. The van der Waals surface area contributed by atoms with Gasteiger partial charge in [0.2, 0.25) is 0 Å². The van der Waals surface area contributed by atoms with Gasteiger partial charge in [-0.1, -0.05) is 13.2 Å². The van der Waals surface area contributed by atoms with Crippen LogP contribution < -0.4 is 11.1 Å². The highest BCUT2D eigenvalue weighted by molar-refractivity contribution is 5.28. The summed E-state index contributed by atoms with van der Waals surface area (Å²) in [6.45, 7) is 10.6. The van der Waals surface area contributed by atoms with E-state index in [-0.39, 0.29) is 0 Å². The lowest BCUT2D eigenvalue weighted by Gasteiger charge is -2.08. The van der Waals surface area contributed by atoms with E-state index in [4.69, 9.17) is 10.5 Å². The molecule has 0 amide bonds. The normalized spacial score (nSPS) is 11.1. The van der Waals surface area contributed by atoms with Crippen LogP contribution in [0.15, 0.2) is 36.3 Å². The lowest BCUT2D eigenvalue weighted by atomic mass is 10.2. The number of likely N-dealkylation sites (N-methyl/N-ethyl adjacent to an activating group) is 1. The second kappa shape index (κ2) is 6.31. The SMILES string of the molecule is C=C(N)/C=C(/C)C(=C)OCCNC. The van der Waals surface area contributed by atoms with Gasteiger partial charge in [-0.05, 0) is 25.6 Å². The van der Waals surface area contributed by atoms with Crippen molar-refractivity contribution >= 4 is 0 Å². The van der Waals surface area contributed by atoms with Crippen LogP contribution in [0.1, 0.15) is 6.92 Å². The van der Waals surface area contributed by atoms with E-state index in [1.807, 2.05) is 14.0 Å². The molecule has 3 nitrogen and oxygen atoms in total. The van der Waals surface area contributed by atoms with E-state index in [0.717, 1.165) is 12.1 Å². The number of hydrogen-bond acceptors (Lipinski definition) is 3. The molecule has 0 aliphatic heterocycles. The van der Waals surface area contributed by atoms with Gasteiger partial charge in [-0.2, -0.15) is 0 Å². The minimum Gasteiger partial charge on any atom is -0.493 e. The second-order valence-corrected chi connectivity index (χ2v) is 2.78. The van der Waals surface area contributed by atoms with Crippen LogP contribution in [0.3, 0.4) is 0 Å². The van der Waals surface area contributed by atoms with Gasteiger partial charge in [0, 0.05) is 12.2 Å². The van der Waals surface area contributed by atoms with E-state index in [9.17, 15) is 0 Å². The molecule has 0 rings (SSSR count). The molecule has 3 heteroatoms. The summed E-state index contributed by atoms with van der Waals surface area (Å²) in [4.78, 5) is 0. The molecule has 0 aliphatic carbocycles. The van der Waals surface area contributed by atoms with Crippen LogP contribution in [0.4, 0.5) is 0 Å². The zero-order valence-electron chi connectivity index (χ0n) is 8.39. The Morgan fingerprint density at radius 1 is 1.54 bits per heavy atom. The van der Waals surface area contributed by atoms with Crippen molar-refractivity contribution < 1.29 is 4.74 Å². The summed E-state index contributed by atoms with van der Waals surface area (Å²) < 4.78 is 5.32. The number of nitrogens with one attached hydrogen (secondary N) is 1. The maximum absolute atomic E-state index is 5.41. The van der Waals surface area contributed by atoms with Crippen molar-refractivity contribution in [3.63, 3.8) is 0 Å². The Labute approximate surface area is 80.0 Å². The molecule has 0 spiro atoms. The average Bonchev–Trinajstić information content (AvgIpc) is 2.03. The zero-order valence-corrected chi connectivity index (χ0v) is 8.39. The first kappa shape index (κ1) is 11.8. The minimum atomic E-state index is 0.510. The maximum Gasteiger partial charge on any atom is 0.115 e. The van der Waals surface area contributed by atoms with Gasteiger partial charge in [-0.15, -0.1) is 0 Å². The first-order valence-corrected chi connectivity index (χ1v) is 4.17. The van der Waals surface area contributed by atoms with Gasteiger partial charge in [0.25, 0.3) is 0 Å². The van der Waals surface area contributed by atoms with Crippen molar-refractivity contribution in [2.45, 2.75) is 6.92 Å². The third-order valence-electron chi connectivity index (χ3n) is 1.47. The van der Waals surface area contributed by atoms with Crippen LogP contribution in [-0.4, -0.2) is 20.2 Å². The van der Waals surface area contributed by atoms with Crippen LogP contribution in [0.25, 0.3) is 0 Å². The molecular weight excluding hydrogens is 164 g/mol. The second-order valence-electron chi connectivity index (χ2n) is 2.78. The van der Waals surface area contributed by atoms with E-state index >= 15 is 0 Å². The molecule has 0 unspecified atom stereocenters. The number of hydrogen-bond donors (Lipinski definition) is 2. The van der Waals surface area contributed by atoms with Gasteiger partial charge in [0.1, 0.15) is 12.4 Å². The predicted octanol–water partition coefficient (Wildman–Crippen LogP) is 1.15. The Kier molecular flexibility index (Phi) is 5.72. The standard InChI is InChI=1S/C10H18N2O/c1-8(7-9(2)11)10(3)13-6-5-12-4/h7,12H,2-3,5-6,11H2,1,4H3/b8-7-. The first-order chi connectivity index (χ1) is 6.07. The fourth-order valence-electron chi connectivity index (χ4n) is 0.749. The van der Waals surface area contributed by atoms with Crippen molar-refractivity contribution in [1.82, 2.24) is 5.32 Å². The number of rotatable bonds is 6. The Morgan fingerprint density at radius 2 is 2.15 bits per heavy atom. The maximum atomic E-state index is 5.41. The third-order valence-corrected chi connectivity index (χ3v) is 1.47. The number of ether oxygens (including phenoxy) is 1. The van der Waals surface area contributed by atoms with Gasteiger partial charge in [0.05, 0.1) is 0 Å². The lowest BCUT2D eigenvalue weighted by Crippen LogP contribution is -2.14. The average molecular weight is 182 g/mol. The summed E-state index contributed by atoms with van der Waals surface area (Å²) in [6, 6.07) is 0. The van der Waals surface area contributed by atoms with Crippen LogP contribution >= 0.6 is 0 Å². The summed E-state index contributed by atoms with van der Waals surface area (Å²) in [5.41, 5.74) is 6.82. The smallest absolute Gasteiger partial charge is 0.115 e. The molecule has 0 bridgehead atoms. The van der Waals surface area contributed by atoms with E-state index in [1.54, 1.807) is 6.08 Å². The minimum absolute atomic E-state index is 0.510. The Bertz CT molecular complexity index is 219. The van der Waals surface area contributed by atoms with Crippen LogP contribution in [0.5, 0.6) is 0 Å². The van der Waals surface area contributed by atoms with Crippen LogP contribution in [0.2, 0.25) is 0 Å². The fourth-order valence-corrected chi connectivity index (χ4v) is 0.749. The largest absolute Gasteiger partial charge is 0.493 e. The highest BCUT2D eigenvalue weighted by atomic mass is 16.5. The fraction of sp³-hybridized carbons (Fsp3) is 0.400. The van der Waals surface area contributed by atoms with Crippen molar-refractivity contribution in [2.24, 2.45) is 5.73 Å². The summed E-state index contributed by atoms with van der Waals surface area (Å²) in [5, 5.41) is 2.97. The van der Waals surface area contributed by atoms with Gasteiger partial charge in [-0.25, -0.2) is 0 Å². The van der Waals surface area contributed by atoms with Gasteiger partial charge in [-0.3, -0.25) is 0 Å². The topological polar surface area (TPSA) is 47.3 Å². The molecule has 0 aliphatic rings. The van der Waals surface area contributed by atoms with Gasteiger partial charge in [0.15, 0.2) is 0 Å². The molecule has 0 radical (unpaired) electrons. The van der Waals surface area contributed by atoms with E-state index < -0.39 is 0 Å². The molecule has 13 heavy (non-hydrogen) atoms. The Hall–Kier alpha value is -1.22. The van der Waals surface area contributed by atoms with E-state index in [1.165, 1.54) is 0 Å². The molecule has 0 aromatic carbocycles. The predicted molar refractivity (Wildman–Crippen MR) is 56.1 cm³/mol. The Balaban J connectivity index is 3.90. The molecule has 3 N–H and O–H groups in total. The van der Waals surface area contributed by atoms with Crippen molar-refractivity contribution in [2.75, 3.05) is 20.2 Å². The van der Waals surface area contributed by atoms with Crippen LogP contribution in [-0.2, 0) is 4.74 Å². The monoisotopic (exact) mass is 182 g/mol. The quantitative estimate of drug-likeness (QED) is 0.368. The summed E-state index contributed by atoms with van der Waals surface area (Å²) in [5.74, 6) is 0.641. The summed E-state index contributed by atoms with van der Waals surface area (Å²) in [6.07, 6.45) is 1.74. The van der Waals surface area contributed by atoms with Crippen molar-refractivity contribution in [1.29, 1.82) is 0 Å². The number of allylic oxidation sites excluding steroid dienone is 2. The van der Waals surface area contributed by atoms with Crippen LogP contribution in [0, 0.1) is 0 Å². The summed E-state index contributed by atoms with van der Waals surface area (Å²) >= 11 is 0. The first-order valence-electron chi connectivity index (χ1n) is 4.17. The number of nitrogens with two attached hydrogens (primary N) is 1. The zero-order chi connectivity index (χ0) is 10.3.